The lowest BCUT2D eigenvalue weighted by molar-refractivity contribution is -0.146. The molecule has 0 spiro atoms. The van der Waals surface area contributed by atoms with E-state index in [9.17, 15) is 9.59 Å². The molecule has 8 heteroatoms. The normalized spacial score (nSPS) is 15.5. The van der Waals surface area contributed by atoms with Crippen molar-refractivity contribution in [3.63, 3.8) is 0 Å². The summed E-state index contributed by atoms with van der Waals surface area (Å²) in [7, 11) is 0. The van der Waals surface area contributed by atoms with Gasteiger partial charge in [-0.15, -0.1) is 0 Å². The molecule has 1 aromatic carbocycles. The Morgan fingerprint density at radius 2 is 2.09 bits per heavy atom. The highest BCUT2D eigenvalue weighted by Gasteiger charge is 2.27. The van der Waals surface area contributed by atoms with Gasteiger partial charge >= 0.3 is 5.97 Å². The van der Waals surface area contributed by atoms with E-state index in [0.717, 1.165) is 55.4 Å². The largest absolute Gasteiger partial charge is 0.464 e. The van der Waals surface area contributed by atoms with Crippen LogP contribution in [0, 0.1) is 0 Å². The van der Waals surface area contributed by atoms with E-state index in [-0.39, 0.29) is 11.7 Å². The first-order chi connectivity index (χ1) is 15.6. The fourth-order valence-electron chi connectivity index (χ4n) is 3.95. The number of hydrogen-bond acceptors (Lipinski definition) is 6. The minimum Gasteiger partial charge on any atom is -0.464 e. The number of para-hydroxylation sites is 1. The Balaban J connectivity index is 1.47. The molecule has 3 N–H and O–H groups in total. The summed E-state index contributed by atoms with van der Waals surface area (Å²) in [5.41, 5.74) is 1.82. The molecule has 0 radical (unpaired) electrons. The van der Waals surface area contributed by atoms with Crippen LogP contribution in [0.5, 0.6) is 0 Å². The number of nitrogens with zero attached hydrogens (tertiary/aromatic N) is 1. The van der Waals surface area contributed by atoms with Crippen LogP contribution in [0.4, 0.5) is 0 Å². The van der Waals surface area contributed by atoms with Crippen molar-refractivity contribution < 1.29 is 18.7 Å². The fraction of sp³-hybridized carbons (Fsp3) is 0.458. The summed E-state index contributed by atoms with van der Waals surface area (Å²) >= 11 is 0. The summed E-state index contributed by atoms with van der Waals surface area (Å²) in [6.45, 7) is 4.17. The highest BCUT2D eigenvalue weighted by molar-refractivity contribution is 5.94. The third kappa shape index (κ3) is 5.37. The number of hydrogen-bond donors (Lipinski definition) is 3. The molecule has 2 aromatic heterocycles. The SMILES string of the molecule is CCCCOC(=O)C(Cc1cc2ccccc2[nH]1)NC(=O)c1cnc(C2CCNCC2)o1. The van der Waals surface area contributed by atoms with Gasteiger partial charge in [0, 0.05) is 23.5 Å². The minimum atomic E-state index is -0.833. The Morgan fingerprint density at radius 3 is 2.88 bits per heavy atom. The molecule has 0 saturated carbocycles. The Kier molecular flexibility index (Phi) is 7.21. The molecular formula is C24H30N4O4. The van der Waals surface area contributed by atoms with Gasteiger partial charge in [-0.25, -0.2) is 9.78 Å². The lowest BCUT2D eigenvalue weighted by Crippen LogP contribution is -2.43. The second kappa shape index (κ2) is 10.5. The number of H-pyrrole nitrogens is 1. The van der Waals surface area contributed by atoms with E-state index >= 15 is 0 Å². The van der Waals surface area contributed by atoms with Crippen molar-refractivity contribution in [3.05, 3.63) is 53.9 Å². The van der Waals surface area contributed by atoms with Crippen LogP contribution in [0.1, 0.15) is 60.7 Å². The van der Waals surface area contributed by atoms with Crippen LogP contribution in [-0.2, 0) is 16.0 Å². The third-order valence-electron chi connectivity index (χ3n) is 5.78. The van der Waals surface area contributed by atoms with E-state index in [4.69, 9.17) is 9.15 Å². The first-order valence-corrected chi connectivity index (χ1v) is 11.3. The molecule has 170 valence electrons. The number of aromatic nitrogens is 2. The van der Waals surface area contributed by atoms with Gasteiger partial charge in [-0.2, -0.15) is 0 Å². The van der Waals surface area contributed by atoms with Crippen molar-refractivity contribution >= 4 is 22.8 Å². The Morgan fingerprint density at radius 1 is 1.28 bits per heavy atom. The second-order valence-electron chi connectivity index (χ2n) is 8.22. The molecule has 0 aliphatic carbocycles. The Hall–Kier alpha value is -3.13. The summed E-state index contributed by atoms with van der Waals surface area (Å²) < 4.78 is 11.2. The molecule has 1 unspecified atom stereocenters. The monoisotopic (exact) mass is 438 g/mol. The number of oxazole rings is 1. The summed E-state index contributed by atoms with van der Waals surface area (Å²) in [6, 6.07) is 9.03. The molecule has 3 heterocycles. The Bertz CT molecular complexity index is 1020. The number of nitrogens with one attached hydrogen (secondary N) is 3. The quantitative estimate of drug-likeness (QED) is 0.349. The van der Waals surface area contributed by atoms with Crippen molar-refractivity contribution in [2.75, 3.05) is 19.7 Å². The van der Waals surface area contributed by atoms with E-state index < -0.39 is 17.9 Å². The molecule has 0 bridgehead atoms. The zero-order valence-electron chi connectivity index (χ0n) is 18.4. The third-order valence-corrected chi connectivity index (χ3v) is 5.78. The number of esters is 1. The molecular weight excluding hydrogens is 408 g/mol. The van der Waals surface area contributed by atoms with Crippen molar-refractivity contribution in [2.45, 2.75) is 51.0 Å². The fourth-order valence-corrected chi connectivity index (χ4v) is 3.95. The number of aromatic amines is 1. The molecule has 1 fully saturated rings. The first-order valence-electron chi connectivity index (χ1n) is 11.3. The van der Waals surface area contributed by atoms with Crippen LogP contribution >= 0.6 is 0 Å². The van der Waals surface area contributed by atoms with Crippen LogP contribution in [0.2, 0.25) is 0 Å². The summed E-state index contributed by atoms with van der Waals surface area (Å²) in [4.78, 5) is 33.2. The lowest BCUT2D eigenvalue weighted by Gasteiger charge is -2.19. The van der Waals surface area contributed by atoms with Crippen LogP contribution in [0.3, 0.4) is 0 Å². The van der Waals surface area contributed by atoms with Crippen molar-refractivity contribution in [1.82, 2.24) is 20.6 Å². The number of carbonyl (C=O) groups excluding carboxylic acids is 2. The zero-order chi connectivity index (χ0) is 22.3. The van der Waals surface area contributed by atoms with Gasteiger partial charge in [0.25, 0.3) is 5.91 Å². The number of carbonyl (C=O) groups is 2. The van der Waals surface area contributed by atoms with E-state index in [1.165, 1.54) is 6.20 Å². The molecule has 4 rings (SSSR count). The molecule has 8 nitrogen and oxygen atoms in total. The van der Waals surface area contributed by atoms with Gasteiger partial charge < -0.3 is 24.8 Å². The van der Waals surface area contributed by atoms with Gasteiger partial charge in [0.05, 0.1) is 12.8 Å². The number of piperidine rings is 1. The minimum absolute atomic E-state index is 0.113. The van der Waals surface area contributed by atoms with Gasteiger partial charge in [-0.3, -0.25) is 4.79 Å². The van der Waals surface area contributed by atoms with E-state index in [0.29, 0.717) is 18.9 Å². The predicted molar refractivity (Wildman–Crippen MR) is 120 cm³/mol. The number of amides is 1. The van der Waals surface area contributed by atoms with Crippen LogP contribution in [-0.4, -0.2) is 47.6 Å². The van der Waals surface area contributed by atoms with E-state index in [2.05, 4.69) is 20.6 Å². The standard InChI is InChI=1S/C24H30N4O4/c1-2-3-12-31-24(30)20(14-18-13-17-6-4-5-7-19(17)27-18)28-22(29)21-15-26-23(32-21)16-8-10-25-11-9-16/h4-7,13,15-16,20,25,27H,2-3,8-12,14H2,1H3,(H,28,29). The van der Waals surface area contributed by atoms with Crippen LogP contribution < -0.4 is 10.6 Å². The maximum Gasteiger partial charge on any atom is 0.329 e. The second-order valence-corrected chi connectivity index (χ2v) is 8.22. The summed E-state index contributed by atoms with van der Waals surface area (Å²) in [5.74, 6) is -0.0235. The first kappa shape index (κ1) is 22.1. The number of benzene rings is 1. The lowest BCUT2D eigenvalue weighted by atomic mass is 9.98. The average Bonchev–Trinajstić information content (AvgIpc) is 3.46. The summed E-state index contributed by atoms with van der Waals surface area (Å²) in [6.07, 6.45) is 5.28. The highest BCUT2D eigenvalue weighted by Crippen LogP contribution is 2.24. The van der Waals surface area contributed by atoms with Gasteiger partial charge in [0.15, 0.2) is 5.89 Å². The van der Waals surface area contributed by atoms with Gasteiger partial charge in [0.1, 0.15) is 6.04 Å². The van der Waals surface area contributed by atoms with Gasteiger partial charge in [-0.05, 0) is 49.9 Å². The Labute approximate surface area is 187 Å². The number of rotatable bonds is 9. The van der Waals surface area contributed by atoms with Crippen molar-refractivity contribution in [1.29, 1.82) is 0 Å². The zero-order valence-corrected chi connectivity index (χ0v) is 18.4. The molecule has 1 aliphatic heterocycles. The number of fused-ring (bicyclic) bond motifs is 1. The van der Waals surface area contributed by atoms with Crippen LogP contribution in [0.15, 0.2) is 40.9 Å². The molecule has 32 heavy (non-hydrogen) atoms. The topological polar surface area (TPSA) is 109 Å². The number of ether oxygens (including phenoxy) is 1. The van der Waals surface area contributed by atoms with E-state index in [1.807, 2.05) is 37.3 Å². The molecule has 1 atom stereocenters. The summed E-state index contributed by atoms with van der Waals surface area (Å²) in [5, 5.41) is 7.14. The predicted octanol–water partition coefficient (Wildman–Crippen LogP) is 3.31. The van der Waals surface area contributed by atoms with Gasteiger partial charge in [0.2, 0.25) is 5.76 Å². The van der Waals surface area contributed by atoms with Crippen molar-refractivity contribution in [2.24, 2.45) is 0 Å². The molecule has 1 amide bonds. The molecule has 3 aromatic rings. The maximum atomic E-state index is 12.9. The highest BCUT2D eigenvalue weighted by atomic mass is 16.5. The number of unbranched alkanes of at least 4 members (excludes halogenated alkanes) is 1. The average molecular weight is 439 g/mol. The molecule has 1 aliphatic rings. The van der Waals surface area contributed by atoms with E-state index in [1.54, 1.807) is 0 Å². The van der Waals surface area contributed by atoms with Gasteiger partial charge in [-0.1, -0.05) is 31.5 Å². The molecule has 1 saturated heterocycles. The maximum absolute atomic E-state index is 12.9. The smallest absolute Gasteiger partial charge is 0.329 e. The van der Waals surface area contributed by atoms with Crippen molar-refractivity contribution in [3.8, 4) is 0 Å². The van der Waals surface area contributed by atoms with Crippen LogP contribution in [0.25, 0.3) is 10.9 Å².